The number of nitrogens with one attached hydrogen (secondary N) is 1. The molecule has 98 valence electrons. The SMILES string of the molecule is Cc1ccc(NC(=O)CC(N)C2CC2)c(C)c1O. The zero-order valence-corrected chi connectivity index (χ0v) is 10.9. The molecule has 1 unspecified atom stereocenters. The Morgan fingerprint density at radius 1 is 1.50 bits per heavy atom. The molecule has 1 fully saturated rings. The summed E-state index contributed by atoms with van der Waals surface area (Å²) >= 11 is 0. The van der Waals surface area contributed by atoms with Gasteiger partial charge in [0.25, 0.3) is 0 Å². The van der Waals surface area contributed by atoms with E-state index in [1.54, 1.807) is 13.0 Å². The number of aromatic hydroxyl groups is 1. The average molecular weight is 248 g/mol. The van der Waals surface area contributed by atoms with Crippen LogP contribution in [0, 0.1) is 19.8 Å². The smallest absolute Gasteiger partial charge is 0.225 e. The lowest BCUT2D eigenvalue weighted by molar-refractivity contribution is -0.116. The number of amides is 1. The number of hydrogen-bond donors (Lipinski definition) is 3. The van der Waals surface area contributed by atoms with Crippen LogP contribution < -0.4 is 11.1 Å². The molecule has 1 saturated carbocycles. The predicted octanol–water partition coefficient (Wildman–Crippen LogP) is 2.07. The minimum Gasteiger partial charge on any atom is -0.507 e. The van der Waals surface area contributed by atoms with Crippen molar-refractivity contribution in [3.8, 4) is 5.75 Å². The molecule has 0 radical (unpaired) electrons. The second kappa shape index (κ2) is 4.98. The predicted molar refractivity (Wildman–Crippen MR) is 71.5 cm³/mol. The van der Waals surface area contributed by atoms with Crippen LogP contribution in [0.5, 0.6) is 5.75 Å². The third-order valence-electron chi connectivity index (χ3n) is 3.56. The van der Waals surface area contributed by atoms with Gasteiger partial charge in [-0.1, -0.05) is 6.07 Å². The van der Waals surface area contributed by atoms with Gasteiger partial charge in [-0.3, -0.25) is 4.79 Å². The molecular formula is C14H20N2O2. The van der Waals surface area contributed by atoms with Crippen LogP contribution in [0.3, 0.4) is 0 Å². The molecule has 0 aromatic heterocycles. The van der Waals surface area contributed by atoms with Gasteiger partial charge in [0, 0.05) is 23.7 Å². The number of phenols is 1. The summed E-state index contributed by atoms with van der Waals surface area (Å²) in [5.74, 6) is 0.670. The van der Waals surface area contributed by atoms with E-state index in [0.29, 0.717) is 23.6 Å². The van der Waals surface area contributed by atoms with E-state index in [1.165, 1.54) is 0 Å². The Labute approximate surface area is 107 Å². The fourth-order valence-electron chi connectivity index (χ4n) is 2.08. The number of hydrogen-bond acceptors (Lipinski definition) is 3. The zero-order chi connectivity index (χ0) is 13.3. The lowest BCUT2D eigenvalue weighted by atomic mass is 10.1. The second-order valence-electron chi connectivity index (χ2n) is 5.16. The molecule has 4 heteroatoms. The van der Waals surface area contributed by atoms with Crippen molar-refractivity contribution in [2.24, 2.45) is 11.7 Å². The third-order valence-corrected chi connectivity index (χ3v) is 3.56. The Balaban J connectivity index is 2.00. The van der Waals surface area contributed by atoms with E-state index >= 15 is 0 Å². The third kappa shape index (κ3) is 2.82. The standard InChI is InChI=1S/C14H20N2O2/c1-8-3-6-12(9(2)14(8)18)16-13(17)7-11(15)10-4-5-10/h3,6,10-11,18H,4-5,7,15H2,1-2H3,(H,16,17). The van der Waals surface area contributed by atoms with Gasteiger partial charge in [-0.2, -0.15) is 0 Å². The molecule has 4 N–H and O–H groups in total. The molecule has 1 aromatic carbocycles. The number of carbonyl (C=O) groups is 1. The highest BCUT2D eigenvalue weighted by molar-refractivity contribution is 5.92. The van der Waals surface area contributed by atoms with Crippen LogP contribution >= 0.6 is 0 Å². The van der Waals surface area contributed by atoms with Crippen LogP contribution in [0.4, 0.5) is 5.69 Å². The van der Waals surface area contributed by atoms with E-state index in [0.717, 1.165) is 18.4 Å². The normalized spacial score (nSPS) is 16.4. The Morgan fingerprint density at radius 2 is 2.17 bits per heavy atom. The topological polar surface area (TPSA) is 75.4 Å². The maximum absolute atomic E-state index is 11.8. The number of carbonyl (C=O) groups excluding carboxylic acids is 1. The highest BCUT2D eigenvalue weighted by Gasteiger charge is 2.29. The van der Waals surface area contributed by atoms with Crippen molar-refractivity contribution < 1.29 is 9.90 Å². The van der Waals surface area contributed by atoms with E-state index in [9.17, 15) is 9.90 Å². The van der Waals surface area contributed by atoms with Crippen LogP contribution in [0.1, 0.15) is 30.4 Å². The first-order valence-electron chi connectivity index (χ1n) is 6.33. The first kappa shape index (κ1) is 12.9. The molecule has 0 saturated heterocycles. The van der Waals surface area contributed by atoms with E-state index in [-0.39, 0.29) is 17.7 Å². The van der Waals surface area contributed by atoms with Gasteiger partial charge in [-0.05, 0) is 44.2 Å². The summed E-state index contributed by atoms with van der Waals surface area (Å²) in [5.41, 5.74) is 8.08. The van der Waals surface area contributed by atoms with Crippen LogP contribution in [0.25, 0.3) is 0 Å². The van der Waals surface area contributed by atoms with Gasteiger partial charge in [0.1, 0.15) is 5.75 Å². The average Bonchev–Trinajstić information content (AvgIpc) is 3.14. The molecule has 1 atom stereocenters. The molecule has 0 heterocycles. The minimum absolute atomic E-state index is 0.0376. The van der Waals surface area contributed by atoms with E-state index < -0.39 is 0 Å². The number of phenolic OH excluding ortho intramolecular Hbond substituents is 1. The van der Waals surface area contributed by atoms with Gasteiger partial charge in [-0.25, -0.2) is 0 Å². The van der Waals surface area contributed by atoms with Gasteiger partial charge in [-0.15, -0.1) is 0 Å². The summed E-state index contributed by atoms with van der Waals surface area (Å²) in [6.45, 7) is 3.62. The fraction of sp³-hybridized carbons (Fsp3) is 0.500. The van der Waals surface area contributed by atoms with Crippen molar-refractivity contribution in [3.05, 3.63) is 23.3 Å². The van der Waals surface area contributed by atoms with Crippen molar-refractivity contribution >= 4 is 11.6 Å². The maximum atomic E-state index is 11.8. The number of benzene rings is 1. The minimum atomic E-state index is -0.0826. The highest BCUT2D eigenvalue weighted by atomic mass is 16.3. The van der Waals surface area contributed by atoms with Gasteiger partial charge in [0.05, 0.1) is 0 Å². The van der Waals surface area contributed by atoms with Crippen LogP contribution in [-0.4, -0.2) is 17.1 Å². The Hall–Kier alpha value is -1.55. The molecular weight excluding hydrogens is 228 g/mol. The fourth-order valence-corrected chi connectivity index (χ4v) is 2.08. The summed E-state index contributed by atoms with van der Waals surface area (Å²) in [4.78, 5) is 11.8. The highest BCUT2D eigenvalue weighted by Crippen LogP contribution is 2.33. The summed E-state index contributed by atoms with van der Waals surface area (Å²) in [5, 5.41) is 12.6. The Morgan fingerprint density at radius 3 is 2.78 bits per heavy atom. The number of nitrogens with two attached hydrogens (primary N) is 1. The zero-order valence-electron chi connectivity index (χ0n) is 10.9. The summed E-state index contributed by atoms with van der Waals surface area (Å²) in [6, 6.07) is 3.56. The van der Waals surface area contributed by atoms with Crippen molar-refractivity contribution in [3.63, 3.8) is 0 Å². The van der Waals surface area contributed by atoms with Crippen molar-refractivity contribution in [1.82, 2.24) is 0 Å². The molecule has 0 spiro atoms. The number of rotatable bonds is 4. The largest absolute Gasteiger partial charge is 0.507 e. The van der Waals surface area contributed by atoms with Crippen LogP contribution in [0.15, 0.2) is 12.1 Å². The van der Waals surface area contributed by atoms with Gasteiger partial charge < -0.3 is 16.2 Å². The number of anilines is 1. The molecule has 2 rings (SSSR count). The molecule has 0 aliphatic heterocycles. The molecule has 1 amide bonds. The van der Waals surface area contributed by atoms with Gasteiger partial charge >= 0.3 is 0 Å². The summed E-state index contributed by atoms with van der Waals surface area (Å²) < 4.78 is 0. The molecule has 1 aliphatic rings. The molecule has 4 nitrogen and oxygen atoms in total. The summed E-state index contributed by atoms with van der Waals surface area (Å²) in [7, 11) is 0. The monoisotopic (exact) mass is 248 g/mol. The maximum Gasteiger partial charge on any atom is 0.225 e. The van der Waals surface area contributed by atoms with E-state index in [4.69, 9.17) is 5.73 Å². The van der Waals surface area contributed by atoms with Gasteiger partial charge in [0.15, 0.2) is 0 Å². The van der Waals surface area contributed by atoms with Crippen molar-refractivity contribution in [2.75, 3.05) is 5.32 Å². The first-order valence-corrected chi connectivity index (χ1v) is 6.33. The van der Waals surface area contributed by atoms with E-state index in [2.05, 4.69) is 5.32 Å². The molecule has 1 aromatic rings. The molecule has 18 heavy (non-hydrogen) atoms. The van der Waals surface area contributed by atoms with Crippen LogP contribution in [0.2, 0.25) is 0 Å². The lowest BCUT2D eigenvalue weighted by Gasteiger charge is -2.13. The molecule has 0 bridgehead atoms. The first-order chi connectivity index (χ1) is 8.49. The number of aryl methyl sites for hydroxylation is 1. The van der Waals surface area contributed by atoms with Crippen molar-refractivity contribution in [1.29, 1.82) is 0 Å². The summed E-state index contributed by atoms with van der Waals surface area (Å²) in [6.07, 6.45) is 2.62. The van der Waals surface area contributed by atoms with Gasteiger partial charge in [0.2, 0.25) is 5.91 Å². The Bertz CT molecular complexity index is 467. The van der Waals surface area contributed by atoms with E-state index in [1.807, 2.05) is 13.0 Å². The Kier molecular flexibility index (Phi) is 3.57. The lowest BCUT2D eigenvalue weighted by Crippen LogP contribution is -2.29. The quantitative estimate of drug-likeness (QED) is 0.763. The van der Waals surface area contributed by atoms with Crippen molar-refractivity contribution in [2.45, 2.75) is 39.2 Å². The van der Waals surface area contributed by atoms with Crippen LogP contribution in [-0.2, 0) is 4.79 Å². The second-order valence-corrected chi connectivity index (χ2v) is 5.16. The molecule has 1 aliphatic carbocycles.